The van der Waals surface area contributed by atoms with Crippen LogP contribution < -0.4 is 10.6 Å². The minimum Gasteiger partial charge on any atom is -0.348 e. The van der Waals surface area contributed by atoms with Gasteiger partial charge in [-0.05, 0) is 37.8 Å². The van der Waals surface area contributed by atoms with Crippen LogP contribution in [0.3, 0.4) is 0 Å². The van der Waals surface area contributed by atoms with Crippen molar-refractivity contribution in [1.29, 1.82) is 0 Å². The molecule has 2 N–H and O–H groups in total. The summed E-state index contributed by atoms with van der Waals surface area (Å²) in [5.74, 6) is -1.27. The summed E-state index contributed by atoms with van der Waals surface area (Å²) in [4.78, 5) is 32.4. The number of amides is 2. The van der Waals surface area contributed by atoms with Gasteiger partial charge in [0.1, 0.15) is 5.82 Å². The quantitative estimate of drug-likeness (QED) is 0.826. The highest BCUT2D eigenvalue weighted by Gasteiger charge is 2.40. The van der Waals surface area contributed by atoms with Crippen molar-refractivity contribution in [2.75, 3.05) is 5.32 Å². The fourth-order valence-corrected chi connectivity index (χ4v) is 3.81. The van der Waals surface area contributed by atoms with Gasteiger partial charge >= 0.3 is 6.18 Å². The summed E-state index contributed by atoms with van der Waals surface area (Å²) in [5, 5.41) is 5.41. The standard InChI is InChI=1S/C19H17F3N4O2/c1-9-24-13-6-5-10(7-12(13)16(25-9)19(20,21)22)17(27)26-14-4-2-3-11-8-23-18(28)15(11)14/h2-4,10H,5-8H2,1H3,(H,23,28)(H,26,27). The Balaban J connectivity index is 1.60. The number of fused-ring (bicyclic) bond motifs is 2. The third kappa shape index (κ3) is 3.21. The van der Waals surface area contributed by atoms with Gasteiger partial charge in [-0.15, -0.1) is 0 Å². The van der Waals surface area contributed by atoms with Crippen molar-refractivity contribution in [3.8, 4) is 0 Å². The largest absolute Gasteiger partial charge is 0.433 e. The van der Waals surface area contributed by atoms with E-state index in [1.807, 2.05) is 0 Å². The number of anilines is 1. The molecule has 2 amide bonds. The number of alkyl halides is 3. The lowest BCUT2D eigenvalue weighted by Crippen LogP contribution is -2.31. The predicted octanol–water partition coefficient (Wildman–Crippen LogP) is 2.79. The molecular formula is C19H17F3N4O2. The van der Waals surface area contributed by atoms with Crippen LogP contribution in [0.1, 0.15) is 45.1 Å². The number of halogens is 3. The average molecular weight is 390 g/mol. The zero-order valence-electron chi connectivity index (χ0n) is 15.0. The second-order valence-electron chi connectivity index (χ2n) is 6.99. The molecule has 1 aromatic heterocycles. The third-order valence-electron chi connectivity index (χ3n) is 5.10. The van der Waals surface area contributed by atoms with Crippen molar-refractivity contribution in [3.05, 3.63) is 52.1 Å². The number of benzene rings is 1. The van der Waals surface area contributed by atoms with Crippen molar-refractivity contribution < 1.29 is 22.8 Å². The molecule has 0 spiro atoms. The molecule has 4 rings (SSSR count). The van der Waals surface area contributed by atoms with Crippen LogP contribution in [-0.4, -0.2) is 21.8 Å². The number of carbonyl (C=O) groups is 2. The van der Waals surface area contributed by atoms with Gasteiger partial charge in [0, 0.05) is 23.7 Å². The molecule has 1 aliphatic carbocycles. The Morgan fingerprint density at radius 1 is 1.29 bits per heavy atom. The van der Waals surface area contributed by atoms with Crippen LogP contribution in [0.4, 0.5) is 18.9 Å². The molecule has 1 aliphatic heterocycles. The van der Waals surface area contributed by atoms with Gasteiger partial charge in [-0.25, -0.2) is 9.97 Å². The van der Waals surface area contributed by atoms with Gasteiger partial charge in [0.05, 0.1) is 11.3 Å². The van der Waals surface area contributed by atoms with E-state index in [1.54, 1.807) is 18.2 Å². The third-order valence-corrected chi connectivity index (χ3v) is 5.10. The van der Waals surface area contributed by atoms with Crippen LogP contribution in [0.15, 0.2) is 18.2 Å². The van der Waals surface area contributed by atoms with E-state index in [1.165, 1.54) is 6.92 Å². The van der Waals surface area contributed by atoms with Gasteiger partial charge in [-0.2, -0.15) is 13.2 Å². The summed E-state index contributed by atoms with van der Waals surface area (Å²) in [7, 11) is 0. The second-order valence-corrected chi connectivity index (χ2v) is 6.99. The van der Waals surface area contributed by atoms with Crippen LogP contribution in [0.2, 0.25) is 0 Å². The molecule has 1 unspecified atom stereocenters. The van der Waals surface area contributed by atoms with E-state index in [9.17, 15) is 22.8 Å². The minimum absolute atomic E-state index is 0.0134. The highest BCUT2D eigenvalue weighted by molar-refractivity contribution is 6.07. The molecule has 2 aromatic rings. The summed E-state index contributed by atoms with van der Waals surface area (Å²) in [6.45, 7) is 1.82. The Morgan fingerprint density at radius 2 is 2.07 bits per heavy atom. The van der Waals surface area contributed by atoms with E-state index < -0.39 is 23.7 Å². The molecule has 2 aliphatic rings. The van der Waals surface area contributed by atoms with Crippen molar-refractivity contribution in [2.45, 2.75) is 38.9 Å². The molecule has 9 heteroatoms. The summed E-state index contributed by atoms with van der Waals surface area (Å²) >= 11 is 0. The van der Waals surface area contributed by atoms with E-state index in [4.69, 9.17) is 0 Å². The van der Waals surface area contributed by atoms with E-state index in [0.717, 1.165) is 5.56 Å². The van der Waals surface area contributed by atoms with Crippen LogP contribution in [0.5, 0.6) is 0 Å². The van der Waals surface area contributed by atoms with E-state index in [-0.39, 0.29) is 30.1 Å². The zero-order valence-corrected chi connectivity index (χ0v) is 15.0. The summed E-state index contributed by atoms with van der Waals surface area (Å²) in [6.07, 6.45) is -4.03. The molecule has 0 saturated carbocycles. The normalized spacial score (nSPS) is 18.3. The maximum atomic E-state index is 13.4. The van der Waals surface area contributed by atoms with Crippen LogP contribution in [0.25, 0.3) is 0 Å². The number of nitrogens with one attached hydrogen (secondary N) is 2. The molecule has 1 atom stereocenters. The molecule has 1 aromatic carbocycles. The average Bonchev–Trinajstić information content (AvgIpc) is 3.02. The highest BCUT2D eigenvalue weighted by atomic mass is 19.4. The smallest absolute Gasteiger partial charge is 0.348 e. The maximum absolute atomic E-state index is 13.4. The van der Waals surface area contributed by atoms with Crippen molar-refractivity contribution in [1.82, 2.24) is 15.3 Å². The Morgan fingerprint density at radius 3 is 2.82 bits per heavy atom. The van der Waals surface area contributed by atoms with Gasteiger partial charge < -0.3 is 10.6 Å². The molecule has 0 bridgehead atoms. The topological polar surface area (TPSA) is 84.0 Å². The maximum Gasteiger partial charge on any atom is 0.433 e. The van der Waals surface area contributed by atoms with Gasteiger partial charge in [0.15, 0.2) is 5.69 Å². The molecule has 2 heterocycles. The monoisotopic (exact) mass is 390 g/mol. The Labute approximate surface area is 158 Å². The zero-order chi connectivity index (χ0) is 20.1. The SMILES string of the molecule is Cc1nc2c(c(C(F)(F)F)n1)CC(C(=O)Nc1cccc3c1C(=O)NC3)CC2. The predicted molar refractivity (Wildman–Crippen MR) is 93.5 cm³/mol. The number of hydrogen-bond acceptors (Lipinski definition) is 4. The van der Waals surface area contributed by atoms with Crippen LogP contribution >= 0.6 is 0 Å². The number of rotatable bonds is 2. The number of carbonyl (C=O) groups excluding carboxylic acids is 2. The van der Waals surface area contributed by atoms with Crippen molar-refractivity contribution in [2.24, 2.45) is 5.92 Å². The van der Waals surface area contributed by atoms with Gasteiger partial charge in [0.25, 0.3) is 5.91 Å². The molecule has 0 saturated heterocycles. The minimum atomic E-state index is -4.60. The summed E-state index contributed by atoms with van der Waals surface area (Å²) in [5.41, 5.74) is 0.929. The fourth-order valence-electron chi connectivity index (χ4n) is 3.81. The fraction of sp³-hybridized carbons (Fsp3) is 0.368. The number of aryl methyl sites for hydroxylation is 2. The number of aromatic nitrogens is 2. The molecule has 6 nitrogen and oxygen atoms in total. The van der Waals surface area contributed by atoms with Gasteiger partial charge in [-0.1, -0.05) is 12.1 Å². The van der Waals surface area contributed by atoms with Crippen LogP contribution in [0, 0.1) is 12.8 Å². The summed E-state index contributed by atoms with van der Waals surface area (Å²) in [6, 6.07) is 5.13. The number of hydrogen-bond donors (Lipinski definition) is 2. The van der Waals surface area contributed by atoms with E-state index in [2.05, 4.69) is 20.6 Å². The first-order chi connectivity index (χ1) is 13.2. The lowest BCUT2D eigenvalue weighted by Gasteiger charge is -2.26. The first-order valence-electron chi connectivity index (χ1n) is 8.88. The Hall–Kier alpha value is -2.97. The van der Waals surface area contributed by atoms with Gasteiger partial charge in [0.2, 0.25) is 5.91 Å². The second kappa shape index (κ2) is 6.57. The van der Waals surface area contributed by atoms with E-state index >= 15 is 0 Å². The lowest BCUT2D eigenvalue weighted by atomic mass is 9.84. The first-order valence-corrected chi connectivity index (χ1v) is 8.88. The molecule has 146 valence electrons. The molecule has 28 heavy (non-hydrogen) atoms. The Bertz CT molecular complexity index is 988. The lowest BCUT2D eigenvalue weighted by molar-refractivity contribution is -0.142. The first kappa shape index (κ1) is 18.4. The Kier molecular flexibility index (Phi) is 4.32. The number of nitrogens with zero attached hydrogens (tertiary/aromatic N) is 2. The summed E-state index contributed by atoms with van der Waals surface area (Å²) < 4.78 is 40.2. The highest BCUT2D eigenvalue weighted by Crippen LogP contribution is 2.36. The van der Waals surface area contributed by atoms with Crippen LogP contribution in [-0.2, 0) is 30.4 Å². The van der Waals surface area contributed by atoms with E-state index in [0.29, 0.717) is 29.9 Å². The van der Waals surface area contributed by atoms with Crippen molar-refractivity contribution >= 4 is 17.5 Å². The van der Waals surface area contributed by atoms with Gasteiger partial charge in [-0.3, -0.25) is 9.59 Å². The van der Waals surface area contributed by atoms with Crippen molar-refractivity contribution in [3.63, 3.8) is 0 Å². The molecular weight excluding hydrogens is 373 g/mol. The molecule has 0 radical (unpaired) electrons. The molecule has 0 fully saturated rings.